The number of hydrogen-bond donors (Lipinski definition) is 2. The highest BCUT2D eigenvalue weighted by molar-refractivity contribution is 7.91. The van der Waals surface area contributed by atoms with E-state index >= 15 is 0 Å². The van der Waals surface area contributed by atoms with E-state index in [-0.39, 0.29) is 29.8 Å². The number of para-hydroxylation sites is 1. The molecule has 2 aromatic rings. The molecule has 3 rings (SSSR count). The maximum absolute atomic E-state index is 12.0. The van der Waals surface area contributed by atoms with Gasteiger partial charge < -0.3 is 10.6 Å². The Balaban J connectivity index is 1.53. The van der Waals surface area contributed by atoms with Crippen molar-refractivity contribution < 1.29 is 13.2 Å². The van der Waals surface area contributed by atoms with Gasteiger partial charge in [-0.3, -0.25) is 4.79 Å². The zero-order chi connectivity index (χ0) is 17.0. The average molecular weight is 345 g/mol. The number of anilines is 3. The molecule has 0 radical (unpaired) electrons. The fraction of sp³-hybridized carbons (Fsp3) is 0.294. The Morgan fingerprint density at radius 3 is 2.54 bits per heavy atom. The van der Waals surface area contributed by atoms with Crippen molar-refractivity contribution in [2.45, 2.75) is 12.8 Å². The van der Waals surface area contributed by atoms with E-state index < -0.39 is 9.84 Å². The van der Waals surface area contributed by atoms with Crippen LogP contribution in [0.15, 0.2) is 48.7 Å². The molecule has 24 heavy (non-hydrogen) atoms. The zero-order valence-corrected chi connectivity index (χ0v) is 13.9. The van der Waals surface area contributed by atoms with Gasteiger partial charge in [-0.2, -0.15) is 0 Å². The van der Waals surface area contributed by atoms with Crippen molar-refractivity contribution in [2.24, 2.45) is 5.92 Å². The summed E-state index contributed by atoms with van der Waals surface area (Å²) in [5.41, 5.74) is 1.53. The van der Waals surface area contributed by atoms with Crippen molar-refractivity contribution in [3.8, 4) is 0 Å². The Morgan fingerprint density at radius 1 is 1.12 bits per heavy atom. The van der Waals surface area contributed by atoms with Gasteiger partial charge in [0, 0.05) is 12.1 Å². The van der Waals surface area contributed by atoms with E-state index in [0.717, 1.165) is 5.69 Å². The number of amides is 1. The van der Waals surface area contributed by atoms with Crippen LogP contribution in [0.2, 0.25) is 0 Å². The Kier molecular flexibility index (Phi) is 4.80. The summed E-state index contributed by atoms with van der Waals surface area (Å²) in [5, 5.41) is 5.92. The summed E-state index contributed by atoms with van der Waals surface area (Å²) in [6, 6.07) is 13.2. The highest BCUT2D eigenvalue weighted by Gasteiger charge is 2.29. The maximum atomic E-state index is 12.0. The van der Waals surface area contributed by atoms with Crippen molar-refractivity contribution in [3.05, 3.63) is 48.7 Å². The van der Waals surface area contributed by atoms with E-state index in [1.54, 1.807) is 18.3 Å². The second-order valence-corrected chi connectivity index (χ2v) is 8.17. The molecule has 2 N–H and O–H groups in total. The molecule has 0 bridgehead atoms. The normalized spacial score (nSPS) is 18.9. The first-order chi connectivity index (χ1) is 11.5. The lowest BCUT2D eigenvalue weighted by Crippen LogP contribution is -2.17. The molecule has 7 heteroatoms. The first-order valence-corrected chi connectivity index (χ1v) is 9.61. The van der Waals surface area contributed by atoms with E-state index in [9.17, 15) is 13.2 Å². The van der Waals surface area contributed by atoms with E-state index in [2.05, 4.69) is 15.6 Å². The molecule has 0 aliphatic carbocycles. The second-order valence-electron chi connectivity index (χ2n) is 5.94. The van der Waals surface area contributed by atoms with Crippen molar-refractivity contribution in [1.82, 2.24) is 4.98 Å². The quantitative estimate of drug-likeness (QED) is 0.869. The number of pyridine rings is 1. The predicted octanol–water partition coefficient (Wildman–Crippen LogP) is 2.59. The fourth-order valence-corrected chi connectivity index (χ4v) is 4.58. The monoisotopic (exact) mass is 345 g/mol. The molecule has 0 unspecified atom stereocenters. The summed E-state index contributed by atoms with van der Waals surface area (Å²) >= 11 is 0. The number of aromatic nitrogens is 1. The largest absolute Gasteiger partial charge is 0.340 e. The number of nitrogens with zero attached hydrogens (tertiary/aromatic N) is 1. The molecule has 126 valence electrons. The smallest absolute Gasteiger partial charge is 0.224 e. The van der Waals surface area contributed by atoms with Gasteiger partial charge in [0.15, 0.2) is 9.84 Å². The molecular weight excluding hydrogens is 326 g/mol. The average Bonchev–Trinajstić information content (AvgIpc) is 2.89. The first-order valence-electron chi connectivity index (χ1n) is 7.78. The molecule has 0 spiro atoms. The first kappa shape index (κ1) is 16.4. The molecular formula is C17H19N3O3S. The third-order valence-electron chi connectivity index (χ3n) is 3.89. The Hall–Kier alpha value is -2.41. The lowest BCUT2D eigenvalue weighted by atomic mass is 10.1. The summed E-state index contributed by atoms with van der Waals surface area (Å²) in [4.78, 5) is 16.3. The molecule has 1 aliphatic rings. The van der Waals surface area contributed by atoms with Crippen LogP contribution in [-0.4, -0.2) is 30.8 Å². The number of carbonyl (C=O) groups excluding carboxylic acids is 1. The molecule has 0 saturated carbocycles. The van der Waals surface area contributed by atoms with E-state index in [0.29, 0.717) is 17.9 Å². The SMILES string of the molecule is O=C(C[C@H]1CCS(=O)(=O)C1)Nc1ccc(Nc2ccccc2)nc1. The zero-order valence-electron chi connectivity index (χ0n) is 13.1. The fourth-order valence-electron chi connectivity index (χ4n) is 2.72. The summed E-state index contributed by atoms with van der Waals surface area (Å²) in [7, 11) is -2.95. The van der Waals surface area contributed by atoms with Gasteiger partial charge in [0.2, 0.25) is 5.91 Å². The van der Waals surface area contributed by atoms with Crippen LogP contribution < -0.4 is 10.6 Å². The minimum atomic E-state index is -2.95. The van der Waals surface area contributed by atoms with Gasteiger partial charge in [0.25, 0.3) is 0 Å². The number of sulfone groups is 1. The molecule has 6 nitrogen and oxygen atoms in total. The molecule has 1 atom stereocenters. The molecule has 1 aromatic carbocycles. The van der Waals surface area contributed by atoms with E-state index in [4.69, 9.17) is 0 Å². The topological polar surface area (TPSA) is 88.2 Å². The van der Waals surface area contributed by atoms with Gasteiger partial charge in [-0.15, -0.1) is 0 Å². The number of carbonyl (C=O) groups is 1. The molecule has 1 saturated heterocycles. The van der Waals surface area contributed by atoms with Crippen LogP contribution >= 0.6 is 0 Å². The van der Waals surface area contributed by atoms with Gasteiger partial charge in [-0.05, 0) is 36.6 Å². The van der Waals surface area contributed by atoms with Crippen LogP contribution in [0, 0.1) is 5.92 Å². The van der Waals surface area contributed by atoms with Gasteiger partial charge in [0.1, 0.15) is 5.82 Å². The minimum absolute atomic E-state index is 0.0815. The van der Waals surface area contributed by atoms with Gasteiger partial charge in [-0.1, -0.05) is 18.2 Å². The molecule has 1 fully saturated rings. The molecule has 1 amide bonds. The summed E-state index contributed by atoms with van der Waals surface area (Å²) in [5.74, 6) is 0.719. The lowest BCUT2D eigenvalue weighted by molar-refractivity contribution is -0.116. The maximum Gasteiger partial charge on any atom is 0.224 e. The minimum Gasteiger partial charge on any atom is -0.340 e. The molecule has 1 aliphatic heterocycles. The molecule has 1 aromatic heterocycles. The number of hydrogen-bond acceptors (Lipinski definition) is 5. The van der Waals surface area contributed by atoms with Crippen LogP contribution in [0.25, 0.3) is 0 Å². The van der Waals surface area contributed by atoms with E-state index in [1.165, 1.54) is 0 Å². The van der Waals surface area contributed by atoms with Crippen molar-refractivity contribution in [3.63, 3.8) is 0 Å². The number of nitrogens with one attached hydrogen (secondary N) is 2. The van der Waals surface area contributed by atoms with Crippen LogP contribution in [0.4, 0.5) is 17.2 Å². The Labute approximate surface area is 141 Å². The molecule has 2 heterocycles. The summed E-state index contributed by atoms with van der Waals surface area (Å²) in [6.45, 7) is 0. The van der Waals surface area contributed by atoms with Crippen LogP contribution in [0.1, 0.15) is 12.8 Å². The lowest BCUT2D eigenvalue weighted by Gasteiger charge is -2.10. The number of benzene rings is 1. The van der Waals surface area contributed by atoms with Crippen molar-refractivity contribution in [1.29, 1.82) is 0 Å². The Morgan fingerprint density at radius 2 is 1.92 bits per heavy atom. The highest BCUT2D eigenvalue weighted by Crippen LogP contribution is 2.22. The standard InChI is InChI=1S/C17H19N3O3S/c21-17(10-13-8-9-24(22,23)12-13)20-15-6-7-16(18-11-15)19-14-4-2-1-3-5-14/h1-7,11,13H,8-10,12H2,(H,18,19)(H,20,21)/t13-/m1/s1. The van der Waals surface area contributed by atoms with Crippen molar-refractivity contribution >= 4 is 32.9 Å². The summed E-state index contributed by atoms with van der Waals surface area (Å²) < 4.78 is 22.8. The van der Waals surface area contributed by atoms with Crippen LogP contribution in [0.5, 0.6) is 0 Å². The third-order valence-corrected chi connectivity index (χ3v) is 5.73. The Bertz CT molecular complexity index is 805. The van der Waals surface area contributed by atoms with Gasteiger partial charge >= 0.3 is 0 Å². The predicted molar refractivity (Wildman–Crippen MR) is 94.0 cm³/mol. The van der Waals surface area contributed by atoms with Crippen molar-refractivity contribution in [2.75, 3.05) is 22.1 Å². The van der Waals surface area contributed by atoms with Gasteiger partial charge in [-0.25, -0.2) is 13.4 Å². The van der Waals surface area contributed by atoms with Crippen LogP contribution in [0.3, 0.4) is 0 Å². The second kappa shape index (κ2) is 7.00. The van der Waals surface area contributed by atoms with Gasteiger partial charge in [0.05, 0.1) is 23.4 Å². The van der Waals surface area contributed by atoms with E-state index in [1.807, 2.05) is 30.3 Å². The summed E-state index contributed by atoms with van der Waals surface area (Å²) in [6.07, 6.45) is 2.37. The third kappa shape index (κ3) is 4.55. The van der Waals surface area contributed by atoms with Crippen LogP contribution in [-0.2, 0) is 14.6 Å². The number of rotatable bonds is 5. The highest BCUT2D eigenvalue weighted by atomic mass is 32.2.